The number of hydrogen-bond acceptors (Lipinski definition) is 14. The summed E-state index contributed by atoms with van der Waals surface area (Å²) < 4.78 is 53.3. The SMILES string of the molecule is Nc1nc2c(ncn2[C@@H]2O[C@@H]3C(O)C3[C@H]2OP(=O)(S)OC[C@H]2O[C@@H](n3cnc4c(=O)[nH]cnc43)[C@@H](F)[C@@H]2O)c(=O)[nH]1. The highest BCUT2D eigenvalue weighted by Gasteiger charge is 2.66. The number of aliphatic hydroxyl groups excluding tert-OH is 2. The minimum atomic E-state index is -4.26. The molecular formula is C20H21FN9O9PS. The van der Waals surface area contributed by atoms with Crippen LogP contribution in [0, 0.1) is 5.92 Å². The number of rotatable bonds is 7. The lowest BCUT2D eigenvalue weighted by Crippen LogP contribution is -2.32. The van der Waals surface area contributed by atoms with E-state index in [1.165, 1.54) is 10.9 Å². The molecule has 0 radical (unpaired) electrons. The van der Waals surface area contributed by atoms with Crippen LogP contribution in [0.3, 0.4) is 0 Å². The summed E-state index contributed by atoms with van der Waals surface area (Å²) in [6.45, 7) is -4.86. The quantitative estimate of drug-likeness (QED) is 0.105. The third kappa shape index (κ3) is 4.29. The zero-order chi connectivity index (χ0) is 28.8. The number of nitrogens with one attached hydrogen (secondary N) is 2. The van der Waals surface area contributed by atoms with Crippen LogP contribution in [-0.4, -0.2) is 92.5 Å². The van der Waals surface area contributed by atoms with Crippen LogP contribution in [0.5, 0.6) is 0 Å². The van der Waals surface area contributed by atoms with Crippen LogP contribution < -0.4 is 16.9 Å². The Balaban J connectivity index is 1.07. The first kappa shape index (κ1) is 26.7. The third-order valence-corrected chi connectivity index (χ3v) is 8.86. The minimum absolute atomic E-state index is 0.0267. The highest BCUT2D eigenvalue weighted by molar-refractivity contribution is 8.44. The fourth-order valence-corrected chi connectivity index (χ4v) is 6.69. The number of aromatic nitrogens is 8. The number of H-pyrrole nitrogens is 2. The van der Waals surface area contributed by atoms with Gasteiger partial charge in [-0.05, 0) is 0 Å². The summed E-state index contributed by atoms with van der Waals surface area (Å²) >= 11 is 4.03. The Morgan fingerprint density at radius 3 is 2.54 bits per heavy atom. The van der Waals surface area contributed by atoms with Crippen LogP contribution in [0.15, 0.2) is 28.6 Å². The molecule has 1 saturated carbocycles. The van der Waals surface area contributed by atoms with Gasteiger partial charge in [-0.2, -0.15) is 4.98 Å². The molecule has 41 heavy (non-hydrogen) atoms. The number of thiol groups is 1. The van der Waals surface area contributed by atoms with Crippen LogP contribution in [0.25, 0.3) is 22.3 Å². The molecule has 10 atom stereocenters. The number of nitrogens with two attached hydrogens (primary N) is 1. The third-order valence-electron chi connectivity index (χ3n) is 7.24. The Labute approximate surface area is 231 Å². The maximum absolute atomic E-state index is 15.1. The number of aliphatic hydroxyl groups is 2. The van der Waals surface area contributed by atoms with Crippen molar-refractivity contribution < 1.29 is 37.7 Å². The second kappa shape index (κ2) is 9.39. The average molecular weight is 613 g/mol. The minimum Gasteiger partial charge on any atom is -0.390 e. The van der Waals surface area contributed by atoms with Gasteiger partial charge in [0.15, 0.2) is 41.0 Å². The molecule has 0 bridgehead atoms. The normalized spacial score (nSPS) is 34.3. The van der Waals surface area contributed by atoms with Gasteiger partial charge in [0, 0.05) is 5.92 Å². The molecule has 4 aromatic heterocycles. The number of alkyl halides is 1. The van der Waals surface area contributed by atoms with Gasteiger partial charge in [-0.25, -0.2) is 23.9 Å². The highest BCUT2D eigenvalue weighted by Crippen LogP contribution is 2.61. The first-order valence-corrected chi connectivity index (χ1v) is 14.8. The molecule has 7 rings (SSSR count). The lowest BCUT2D eigenvalue weighted by Gasteiger charge is -2.27. The maximum atomic E-state index is 15.1. The molecular weight excluding hydrogens is 592 g/mol. The molecule has 18 nitrogen and oxygen atoms in total. The van der Waals surface area contributed by atoms with E-state index in [9.17, 15) is 24.4 Å². The lowest BCUT2D eigenvalue weighted by molar-refractivity contribution is -0.0658. The number of halogens is 1. The predicted molar refractivity (Wildman–Crippen MR) is 136 cm³/mol. The Kier molecular flexibility index (Phi) is 6.11. The molecule has 0 spiro atoms. The van der Waals surface area contributed by atoms with E-state index in [4.69, 9.17) is 24.3 Å². The number of aromatic amines is 2. The average Bonchev–Trinajstić information content (AvgIpc) is 3.40. The van der Waals surface area contributed by atoms with Crippen LogP contribution in [-0.2, 0) is 23.1 Å². The zero-order valence-electron chi connectivity index (χ0n) is 20.4. The molecule has 218 valence electrons. The summed E-state index contributed by atoms with van der Waals surface area (Å²) in [6, 6.07) is 0. The van der Waals surface area contributed by atoms with Gasteiger partial charge >= 0.3 is 6.80 Å². The molecule has 3 aliphatic rings. The molecule has 2 saturated heterocycles. The van der Waals surface area contributed by atoms with E-state index in [1.807, 2.05) is 0 Å². The van der Waals surface area contributed by atoms with Gasteiger partial charge in [-0.1, -0.05) is 12.2 Å². The number of imidazole rings is 2. The second-order valence-corrected chi connectivity index (χ2v) is 12.6. The van der Waals surface area contributed by atoms with E-state index in [1.54, 1.807) is 0 Å². The highest BCUT2D eigenvalue weighted by atomic mass is 32.7. The van der Waals surface area contributed by atoms with E-state index in [0.29, 0.717) is 0 Å². The summed E-state index contributed by atoms with van der Waals surface area (Å²) in [5.74, 6) is -0.780. The van der Waals surface area contributed by atoms with Crippen molar-refractivity contribution in [2.24, 2.45) is 5.92 Å². The van der Waals surface area contributed by atoms with Gasteiger partial charge in [0.05, 0.1) is 37.8 Å². The molecule has 0 amide bonds. The number of anilines is 1. The van der Waals surface area contributed by atoms with Gasteiger partial charge in [-0.3, -0.25) is 32.8 Å². The first-order valence-electron chi connectivity index (χ1n) is 12.1. The molecule has 2 aliphatic heterocycles. The van der Waals surface area contributed by atoms with Crippen LogP contribution in [0.4, 0.5) is 10.3 Å². The van der Waals surface area contributed by atoms with Gasteiger partial charge in [0.2, 0.25) is 5.95 Å². The summed E-state index contributed by atoms with van der Waals surface area (Å²) in [5, 5.41) is 20.7. The van der Waals surface area contributed by atoms with E-state index in [2.05, 4.69) is 42.2 Å². The zero-order valence-corrected chi connectivity index (χ0v) is 22.2. The van der Waals surface area contributed by atoms with E-state index in [0.717, 1.165) is 17.2 Å². The van der Waals surface area contributed by atoms with Gasteiger partial charge in [0.1, 0.15) is 18.3 Å². The lowest BCUT2D eigenvalue weighted by atomic mass is 10.1. The maximum Gasteiger partial charge on any atom is 0.386 e. The van der Waals surface area contributed by atoms with Crippen LogP contribution >= 0.6 is 19.0 Å². The molecule has 4 aromatic rings. The topological polar surface area (TPSA) is 248 Å². The molecule has 6 heterocycles. The van der Waals surface area contributed by atoms with Crippen molar-refractivity contribution in [1.29, 1.82) is 0 Å². The molecule has 0 aromatic carbocycles. The van der Waals surface area contributed by atoms with Gasteiger partial charge in [0.25, 0.3) is 11.1 Å². The Bertz CT molecular complexity index is 1830. The number of hydrogen-bond donors (Lipinski definition) is 6. The number of ether oxygens (including phenoxy) is 2. The second-order valence-electron chi connectivity index (χ2n) is 9.72. The summed E-state index contributed by atoms with van der Waals surface area (Å²) in [6.07, 6.45) is -6.57. The molecule has 21 heteroatoms. The largest absolute Gasteiger partial charge is 0.390 e. The van der Waals surface area contributed by atoms with Crippen molar-refractivity contribution in [3.05, 3.63) is 39.7 Å². The monoisotopic (exact) mass is 613 g/mol. The smallest absolute Gasteiger partial charge is 0.386 e. The van der Waals surface area contributed by atoms with Crippen LogP contribution in [0.1, 0.15) is 12.5 Å². The van der Waals surface area contributed by atoms with Crippen molar-refractivity contribution >= 4 is 47.3 Å². The fraction of sp³-hybridized carbons (Fsp3) is 0.500. The summed E-state index contributed by atoms with van der Waals surface area (Å²) in [4.78, 5) is 44.8. The molecule has 1 aliphatic carbocycles. The number of nitrogens with zero attached hydrogens (tertiary/aromatic N) is 6. The fourth-order valence-electron chi connectivity index (χ4n) is 5.21. The Morgan fingerprint density at radius 2 is 1.78 bits per heavy atom. The van der Waals surface area contributed by atoms with Crippen molar-refractivity contribution in [3.8, 4) is 0 Å². The molecule has 3 fully saturated rings. The Morgan fingerprint density at radius 1 is 1.07 bits per heavy atom. The first-order chi connectivity index (χ1) is 19.5. The van der Waals surface area contributed by atoms with Crippen molar-refractivity contribution in [2.75, 3.05) is 12.3 Å². The van der Waals surface area contributed by atoms with Crippen molar-refractivity contribution in [2.45, 2.75) is 49.1 Å². The van der Waals surface area contributed by atoms with Crippen molar-refractivity contribution in [3.63, 3.8) is 0 Å². The molecule has 6 N–H and O–H groups in total. The van der Waals surface area contributed by atoms with E-state index in [-0.39, 0.29) is 28.3 Å². The van der Waals surface area contributed by atoms with Gasteiger partial charge < -0.3 is 30.4 Å². The standard InChI is InChI=1S/C20H21FN9O9PS/c21-7-10(31)5(37-18(7)29-3-25-8-14(29)23-2-24-16(8)33)1-36-40(35,41)39-13-6-11(32)12(6)38-19(13)30-4-26-9-15(30)27-20(22)28-17(9)34/h2-7,10-13,18-19,31-32H,1H2,(H,35,41)(H,23,24,33)(H3,22,27,28,34)/t5-,6?,7+,10-,11?,12+,13-,18-,19-,40?/m1/s1. The van der Waals surface area contributed by atoms with Gasteiger partial charge in [-0.15, -0.1) is 0 Å². The predicted octanol–water partition coefficient (Wildman–Crippen LogP) is -1.24. The molecule has 3 unspecified atom stereocenters. The number of fused-ring (bicyclic) bond motifs is 3. The van der Waals surface area contributed by atoms with E-state index < -0.39 is 79.6 Å². The van der Waals surface area contributed by atoms with E-state index >= 15 is 4.39 Å². The van der Waals surface area contributed by atoms with Crippen LogP contribution in [0.2, 0.25) is 0 Å². The number of nitrogen functional groups attached to an aromatic ring is 1. The summed E-state index contributed by atoms with van der Waals surface area (Å²) in [7, 11) is 0. The van der Waals surface area contributed by atoms with Crippen molar-refractivity contribution in [1.82, 2.24) is 39.0 Å². The summed E-state index contributed by atoms with van der Waals surface area (Å²) in [5.41, 5.74) is 4.57. The Hall–Kier alpha value is -3.23.